The maximum atomic E-state index is 12.1. The van der Waals surface area contributed by atoms with Crippen molar-refractivity contribution >= 4 is 17.9 Å². The van der Waals surface area contributed by atoms with Gasteiger partial charge in [-0.1, -0.05) is 78.1 Å². The van der Waals surface area contributed by atoms with Crippen molar-refractivity contribution in [2.45, 2.75) is 110 Å². The summed E-state index contributed by atoms with van der Waals surface area (Å²) in [4.78, 5) is 35.3. The summed E-state index contributed by atoms with van der Waals surface area (Å²) in [5.74, 6) is -1.85. The Morgan fingerprint density at radius 2 is 1.14 bits per heavy atom. The molecule has 0 bridgehead atoms. The minimum absolute atomic E-state index is 0.273. The van der Waals surface area contributed by atoms with E-state index in [2.05, 4.69) is 13.8 Å². The number of carbonyl (C=O) groups is 3. The summed E-state index contributed by atoms with van der Waals surface area (Å²) in [6.07, 6.45) is 11.5. The molecule has 0 spiro atoms. The molecular formula is C22H40O6. The lowest BCUT2D eigenvalue weighted by atomic mass is 10.1. The summed E-state index contributed by atoms with van der Waals surface area (Å²) < 4.78 is 15.3. The van der Waals surface area contributed by atoms with Crippen molar-refractivity contribution in [2.75, 3.05) is 13.2 Å². The van der Waals surface area contributed by atoms with Gasteiger partial charge in [0.05, 0.1) is 19.6 Å². The van der Waals surface area contributed by atoms with E-state index in [0.717, 1.165) is 38.5 Å². The van der Waals surface area contributed by atoms with Crippen LogP contribution in [0.25, 0.3) is 0 Å². The first kappa shape index (κ1) is 26.4. The molecule has 0 saturated heterocycles. The molecule has 0 aromatic carbocycles. The molecule has 0 aliphatic rings. The van der Waals surface area contributed by atoms with E-state index in [1.807, 2.05) is 0 Å². The van der Waals surface area contributed by atoms with Crippen LogP contribution in [-0.4, -0.2) is 37.2 Å². The van der Waals surface area contributed by atoms with Crippen LogP contribution in [-0.2, 0) is 28.6 Å². The maximum Gasteiger partial charge on any atom is 0.348 e. The Bertz CT molecular complexity index is 421. The van der Waals surface area contributed by atoms with Crippen molar-refractivity contribution in [1.29, 1.82) is 0 Å². The van der Waals surface area contributed by atoms with Crippen LogP contribution in [0.3, 0.4) is 0 Å². The maximum absolute atomic E-state index is 12.1. The Morgan fingerprint density at radius 1 is 0.679 bits per heavy atom. The lowest BCUT2D eigenvalue weighted by Crippen LogP contribution is -2.31. The first-order valence-corrected chi connectivity index (χ1v) is 11.0. The van der Waals surface area contributed by atoms with Gasteiger partial charge < -0.3 is 14.2 Å². The predicted octanol–water partition coefficient (Wildman–Crippen LogP) is 5.12. The van der Waals surface area contributed by atoms with Gasteiger partial charge in [-0.15, -0.1) is 0 Å². The number of rotatable bonds is 18. The molecule has 0 aliphatic carbocycles. The third-order valence-corrected chi connectivity index (χ3v) is 4.43. The van der Waals surface area contributed by atoms with E-state index in [9.17, 15) is 14.4 Å². The summed E-state index contributed by atoms with van der Waals surface area (Å²) in [5, 5.41) is 0. The van der Waals surface area contributed by atoms with Gasteiger partial charge in [0.25, 0.3) is 0 Å². The van der Waals surface area contributed by atoms with Gasteiger partial charge >= 0.3 is 17.9 Å². The summed E-state index contributed by atoms with van der Waals surface area (Å²) in [6, 6.07) is 0. The van der Waals surface area contributed by atoms with Crippen molar-refractivity contribution in [3.8, 4) is 0 Å². The normalized spacial score (nSPS) is 11.7. The fourth-order valence-corrected chi connectivity index (χ4v) is 2.80. The first-order chi connectivity index (χ1) is 13.5. The number of ether oxygens (including phenoxy) is 3. The molecule has 0 saturated carbocycles. The standard InChI is InChI=1S/C22H40O6/c1-4-6-8-10-12-14-16-26-21(24)18-20(28-19(3)23)22(25)27-17-15-13-11-9-7-5-2/h20H,4-18H2,1-3H3/t20-/m1/s1. The second-order valence-corrected chi connectivity index (χ2v) is 7.23. The second-order valence-electron chi connectivity index (χ2n) is 7.23. The Labute approximate surface area is 170 Å². The van der Waals surface area contributed by atoms with Crippen LogP contribution in [0.2, 0.25) is 0 Å². The van der Waals surface area contributed by atoms with Gasteiger partial charge in [0.2, 0.25) is 6.10 Å². The van der Waals surface area contributed by atoms with E-state index in [-0.39, 0.29) is 13.0 Å². The number of esters is 3. The second kappa shape index (κ2) is 18.8. The van der Waals surface area contributed by atoms with Gasteiger partial charge in [0.1, 0.15) is 0 Å². The number of hydrogen-bond acceptors (Lipinski definition) is 6. The molecule has 0 aliphatic heterocycles. The van der Waals surface area contributed by atoms with E-state index in [4.69, 9.17) is 14.2 Å². The minimum atomic E-state index is -1.23. The van der Waals surface area contributed by atoms with Crippen LogP contribution in [0, 0.1) is 0 Å². The van der Waals surface area contributed by atoms with Crippen LogP contribution in [0.15, 0.2) is 0 Å². The van der Waals surface area contributed by atoms with Gasteiger partial charge in [0, 0.05) is 6.92 Å². The highest BCUT2D eigenvalue weighted by atomic mass is 16.6. The van der Waals surface area contributed by atoms with Gasteiger partial charge in [-0.2, -0.15) is 0 Å². The largest absolute Gasteiger partial charge is 0.466 e. The minimum Gasteiger partial charge on any atom is -0.466 e. The van der Waals surface area contributed by atoms with Crippen LogP contribution in [0.5, 0.6) is 0 Å². The molecule has 0 N–H and O–H groups in total. The highest BCUT2D eigenvalue weighted by molar-refractivity contribution is 5.84. The Balaban J connectivity index is 4.04. The summed E-state index contributed by atoms with van der Waals surface area (Å²) in [6.45, 7) is 6.13. The van der Waals surface area contributed by atoms with E-state index < -0.39 is 24.0 Å². The Hall–Kier alpha value is -1.59. The lowest BCUT2D eigenvalue weighted by Gasteiger charge is -2.15. The van der Waals surface area contributed by atoms with E-state index in [1.165, 1.54) is 45.4 Å². The van der Waals surface area contributed by atoms with E-state index in [0.29, 0.717) is 6.61 Å². The Kier molecular flexibility index (Phi) is 17.7. The highest BCUT2D eigenvalue weighted by Gasteiger charge is 2.27. The summed E-state index contributed by atoms with van der Waals surface area (Å²) in [5.41, 5.74) is 0. The molecule has 0 fully saturated rings. The zero-order chi connectivity index (χ0) is 21.0. The van der Waals surface area contributed by atoms with Crippen molar-refractivity contribution in [2.24, 2.45) is 0 Å². The van der Waals surface area contributed by atoms with Crippen molar-refractivity contribution < 1.29 is 28.6 Å². The molecule has 0 rings (SSSR count). The van der Waals surface area contributed by atoms with Crippen LogP contribution in [0.4, 0.5) is 0 Å². The van der Waals surface area contributed by atoms with Crippen molar-refractivity contribution in [3.05, 3.63) is 0 Å². The molecule has 0 radical (unpaired) electrons. The molecule has 28 heavy (non-hydrogen) atoms. The molecule has 0 aromatic heterocycles. The quantitative estimate of drug-likeness (QED) is 0.181. The molecule has 164 valence electrons. The molecule has 0 heterocycles. The average Bonchev–Trinajstić information content (AvgIpc) is 2.65. The number of carbonyl (C=O) groups excluding carboxylic acids is 3. The highest BCUT2D eigenvalue weighted by Crippen LogP contribution is 2.09. The van der Waals surface area contributed by atoms with Gasteiger partial charge in [-0.05, 0) is 12.8 Å². The van der Waals surface area contributed by atoms with E-state index in [1.54, 1.807) is 0 Å². The molecule has 0 unspecified atom stereocenters. The zero-order valence-corrected chi connectivity index (χ0v) is 18.1. The fourth-order valence-electron chi connectivity index (χ4n) is 2.80. The molecular weight excluding hydrogens is 360 g/mol. The molecule has 0 amide bonds. The van der Waals surface area contributed by atoms with Gasteiger partial charge in [-0.25, -0.2) is 4.79 Å². The van der Waals surface area contributed by atoms with Crippen LogP contribution in [0.1, 0.15) is 104 Å². The first-order valence-electron chi connectivity index (χ1n) is 11.0. The van der Waals surface area contributed by atoms with Gasteiger partial charge in [-0.3, -0.25) is 9.59 Å². The van der Waals surface area contributed by atoms with Crippen molar-refractivity contribution in [3.63, 3.8) is 0 Å². The van der Waals surface area contributed by atoms with E-state index >= 15 is 0 Å². The monoisotopic (exact) mass is 400 g/mol. The lowest BCUT2D eigenvalue weighted by molar-refractivity contribution is -0.171. The van der Waals surface area contributed by atoms with Crippen molar-refractivity contribution in [1.82, 2.24) is 0 Å². The molecule has 6 nitrogen and oxygen atoms in total. The Morgan fingerprint density at radius 3 is 1.64 bits per heavy atom. The summed E-state index contributed by atoms with van der Waals surface area (Å²) >= 11 is 0. The predicted molar refractivity (Wildman–Crippen MR) is 109 cm³/mol. The smallest absolute Gasteiger partial charge is 0.348 e. The fraction of sp³-hybridized carbons (Fsp3) is 0.864. The third-order valence-electron chi connectivity index (χ3n) is 4.43. The molecule has 6 heteroatoms. The molecule has 0 aromatic rings. The number of unbranched alkanes of at least 4 members (excludes halogenated alkanes) is 10. The van der Waals surface area contributed by atoms with Crippen LogP contribution >= 0.6 is 0 Å². The van der Waals surface area contributed by atoms with Gasteiger partial charge in [0.15, 0.2) is 0 Å². The van der Waals surface area contributed by atoms with Crippen LogP contribution < -0.4 is 0 Å². The number of hydrogen-bond donors (Lipinski definition) is 0. The summed E-state index contributed by atoms with van der Waals surface area (Å²) in [7, 11) is 0. The zero-order valence-electron chi connectivity index (χ0n) is 18.1. The topological polar surface area (TPSA) is 78.9 Å². The third kappa shape index (κ3) is 16.6. The molecule has 1 atom stereocenters. The average molecular weight is 401 g/mol. The SMILES string of the molecule is CCCCCCCCOC(=O)C[C@@H](OC(C)=O)C(=O)OCCCCCCCC.